The van der Waals surface area contributed by atoms with Crippen LogP contribution in [0.2, 0.25) is 0 Å². The summed E-state index contributed by atoms with van der Waals surface area (Å²) in [5, 5.41) is 2.35. The number of carbonyl (C=O) groups is 1. The number of hydrogen-bond acceptors (Lipinski definition) is 3. The van der Waals surface area contributed by atoms with Crippen LogP contribution < -0.4 is 5.32 Å². The number of amides is 1. The predicted octanol–water partition coefficient (Wildman–Crippen LogP) is 4.80. The Hall–Kier alpha value is -0.580. The van der Waals surface area contributed by atoms with Crippen LogP contribution >= 0.6 is 8.43 Å². The molecule has 146 valence electrons. The molecule has 0 bridgehead atoms. The van der Waals surface area contributed by atoms with Gasteiger partial charge in [0.05, 0.1) is 15.0 Å². The molecule has 2 atom stereocenters. The molecule has 1 rings (SSSR count). The van der Waals surface area contributed by atoms with E-state index in [2.05, 4.69) is 26.1 Å². The molecule has 0 aliphatic carbocycles. The van der Waals surface area contributed by atoms with Crippen LogP contribution in [0.25, 0.3) is 0 Å². The minimum absolute atomic E-state index is 0.000416. The molecule has 0 aromatic heterocycles. The zero-order valence-corrected chi connectivity index (χ0v) is 17.5. The van der Waals surface area contributed by atoms with Crippen LogP contribution in [0, 0.1) is 10.8 Å². The van der Waals surface area contributed by atoms with Crippen molar-refractivity contribution in [3.05, 3.63) is 0 Å². The molecule has 1 aliphatic heterocycles. The van der Waals surface area contributed by atoms with Gasteiger partial charge < -0.3 is 14.6 Å². The van der Waals surface area contributed by atoms with E-state index in [0.29, 0.717) is 20.5 Å². The Morgan fingerprint density at radius 1 is 1.32 bits per heavy atom. The molecular formula is C18H32F2NO3P. The highest BCUT2D eigenvalue weighted by Gasteiger charge is 2.51. The summed E-state index contributed by atoms with van der Waals surface area (Å²) in [5.74, 6) is -4.92. The molecule has 0 saturated carbocycles. The van der Waals surface area contributed by atoms with Crippen molar-refractivity contribution >= 4 is 19.8 Å². The molecule has 0 fully saturated rings. The lowest BCUT2D eigenvalue weighted by molar-refractivity contribution is -0.163. The summed E-state index contributed by atoms with van der Waals surface area (Å²) < 4.78 is 40.5. The van der Waals surface area contributed by atoms with E-state index >= 15 is 0 Å². The first-order valence-corrected chi connectivity index (χ1v) is 9.49. The van der Waals surface area contributed by atoms with E-state index in [0.717, 1.165) is 6.42 Å². The van der Waals surface area contributed by atoms with Crippen molar-refractivity contribution in [1.82, 2.24) is 5.32 Å². The number of halogens is 2. The van der Waals surface area contributed by atoms with Gasteiger partial charge in [-0.05, 0) is 39.0 Å². The minimum atomic E-state index is -3.62. The Kier molecular flexibility index (Phi) is 6.81. The smallest absolute Gasteiger partial charge is 0.346 e. The largest absolute Gasteiger partial charge is 0.350 e. The maximum atomic E-state index is 14.7. The third-order valence-electron chi connectivity index (χ3n) is 3.79. The lowest BCUT2D eigenvalue weighted by Crippen LogP contribution is -2.55. The number of carbonyl (C=O) groups excluding carboxylic acids is 1. The Balaban J connectivity index is 2.95. The molecule has 4 nitrogen and oxygen atoms in total. The van der Waals surface area contributed by atoms with E-state index in [9.17, 15) is 13.6 Å². The molecule has 2 unspecified atom stereocenters. The first kappa shape index (κ1) is 22.5. The van der Waals surface area contributed by atoms with Crippen LogP contribution in [0.15, 0.2) is 0 Å². The molecule has 0 radical (unpaired) electrons. The molecule has 1 aliphatic rings. The van der Waals surface area contributed by atoms with Gasteiger partial charge in [-0.2, -0.15) is 8.78 Å². The molecule has 1 heterocycles. The normalized spacial score (nSPS) is 24.0. The molecule has 0 aromatic carbocycles. The van der Waals surface area contributed by atoms with Crippen molar-refractivity contribution in [2.45, 2.75) is 85.8 Å². The van der Waals surface area contributed by atoms with E-state index < -0.39 is 28.9 Å². The van der Waals surface area contributed by atoms with Crippen molar-refractivity contribution < 1.29 is 22.8 Å². The first-order valence-electron chi connectivity index (χ1n) is 8.68. The molecule has 0 aromatic rings. The SMILES string of the molecule is CCC(OC1=POCC1(C)CC(C)(C)C)C(F)(F)C(=O)NC(C)(C)C. The van der Waals surface area contributed by atoms with Crippen molar-refractivity contribution in [3.63, 3.8) is 0 Å². The molecule has 1 N–H and O–H groups in total. The van der Waals surface area contributed by atoms with Gasteiger partial charge >= 0.3 is 5.92 Å². The molecular weight excluding hydrogens is 347 g/mol. The van der Waals surface area contributed by atoms with Gasteiger partial charge in [0.25, 0.3) is 5.91 Å². The fraction of sp³-hybridized carbons (Fsp3) is 0.889. The lowest BCUT2D eigenvalue weighted by atomic mass is 9.76. The van der Waals surface area contributed by atoms with Gasteiger partial charge in [0, 0.05) is 11.0 Å². The van der Waals surface area contributed by atoms with Gasteiger partial charge in [0.1, 0.15) is 11.6 Å². The monoisotopic (exact) mass is 379 g/mol. The van der Waals surface area contributed by atoms with Crippen molar-refractivity contribution in [3.8, 4) is 0 Å². The van der Waals surface area contributed by atoms with Crippen molar-refractivity contribution in [1.29, 1.82) is 0 Å². The summed E-state index contributed by atoms with van der Waals surface area (Å²) in [6.45, 7) is 15.3. The van der Waals surface area contributed by atoms with Crippen LogP contribution in [-0.4, -0.2) is 35.6 Å². The van der Waals surface area contributed by atoms with Gasteiger partial charge in [-0.25, -0.2) is 0 Å². The maximum Gasteiger partial charge on any atom is 0.350 e. The second-order valence-corrected chi connectivity index (χ2v) is 10.2. The molecule has 0 saturated heterocycles. The number of alkyl halides is 2. The van der Waals surface area contributed by atoms with Crippen LogP contribution in [-0.2, 0) is 14.1 Å². The number of hydrogen-bond donors (Lipinski definition) is 1. The minimum Gasteiger partial charge on any atom is -0.346 e. The highest BCUT2D eigenvalue weighted by atomic mass is 31.1. The number of nitrogens with one attached hydrogen (secondary N) is 1. The van der Waals surface area contributed by atoms with Gasteiger partial charge in [0.2, 0.25) is 0 Å². The van der Waals surface area contributed by atoms with Crippen molar-refractivity contribution in [2.75, 3.05) is 6.61 Å². The summed E-state index contributed by atoms with van der Waals surface area (Å²) in [5.41, 5.74) is -0.691. The van der Waals surface area contributed by atoms with Crippen LogP contribution in [0.3, 0.4) is 0 Å². The average Bonchev–Trinajstić information content (AvgIpc) is 2.71. The second-order valence-electron chi connectivity index (χ2n) is 9.31. The van der Waals surface area contributed by atoms with E-state index in [1.165, 1.54) is 0 Å². The van der Waals surface area contributed by atoms with Crippen LogP contribution in [0.4, 0.5) is 8.78 Å². The van der Waals surface area contributed by atoms with E-state index in [1.54, 1.807) is 27.7 Å². The Morgan fingerprint density at radius 2 is 1.88 bits per heavy atom. The fourth-order valence-electron chi connectivity index (χ4n) is 2.98. The number of rotatable bonds is 6. The van der Waals surface area contributed by atoms with Crippen molar-refractivity contribution in [2.24, 2.45) is 10.8 Å². The second kappa shape index (κ2) is 7.58. The zero-order chi connectivity index (χ0) is 19.7. The zero-order valence-electron chi connectivity index (χ0n) is 16.6. The van der Waals surface area contributed by atoms with Crippen LogP contribution in [0.1, 0.15) is 68.2 Å². The molecule has 7 heteroatoms. The van der Waals surface area contributed by atoms with Gasteiger partial charge in [-0.3, -0.25) is 4.79 Å². The predicted molar refractivity (Wildman–Crippen MR) is 98.1 cm³/mol. The summed E-state index contributed by atoms with van der Waals surface area (Å²) >= 11 is 0. The topological polar surface area (TPSA) is 47.6 Å². The third-order valence-corrected chi connectivity index (χ3v) is 4.86. The summed E-state index contributed by atoms with van der Waals surface area (Å²) in [6, 6.07) is 0. The van der Waals surface area contributed by atoms with Crippen LogP contribution in [0.5, 0.6) is 0 Å². The molecule has 1 amide bonds. The van der Waals surface area contributed by atoms with Gasteiger partial charge in [-0.15, -0.1) is 0 Å². The maximum absolute atomic E-state index is 14.7. The first-order chi connectivity index (χ1) is 11.1. The van der Waals surface area contributed by atoms with Gasteiger partial charge in [-0.1, -0.05) is 34.6 Å². The van der Waals surface area contributed by atoms with E-state index in [-0.39, 0.29) is 11.8 Å². The van der Waals surface area contributed by atoms with Gasteiger partial charge in [0.15, 0.2) is 0 Å². The Bertz CT molecular complexity index is 523. The Morgan fingerprint density at radius 3 is 2.32 bits per heavy atom. The summed E-state index contributed by atoms with van der Waals surface area (Å²) in [4.78, 5) is 12.1. The standard InChI is InChI=1S/C18H32F2NO3P/c1-9-12(18(19,20)13(22)21-16(5,6)7)24-14-17(8,11-23-25-14)10-15(2,3)4/h12H,9-11H2,1-8H3,(H,21,22). The van der Waals surface area contributed by atoms with E-state index in [1.807, 2.05) is 6.92 Å². The van der Waals surface area contributed by atoms with E-state index in [4.69, 9.17) is 9.26 Å². The molecule has 0 spiro atoms. The highest BCUT2D eigenvalue weighted by molar-refractivity contribution is 7.35. The fourth-order valence-corrected chi connectivity index (χ4v) is 3.99. The number of ether oxygens (including phenoxy) is 1. The average molecular weight is 379 g/mol. The highest BCUT2D eigenvalue weighted by Crippen LogP contribution is 2.43. The molecule has 25 heavy (non-hydrogen) atoms. The summed E-state index contributed by atoms with van der Waals surface area (Å²) in [6.07, 6.45) is -0.744. The lowest BCUT2D eigenvalue weighted by Gasteiger charge is -2.35. The third kappa shape index (κ3) is 6.26. The summed E-state index contributed by atoms with van der Waals surface area (Å²) in [7, 11) is 0.464. The quantitative estimate of drug-likeness (QED) is 0.675. The Labute approximate surface area is 151 Å².